The molecule has 0 aromatic heterocycles. The van der Waals surface area contributed by atoms with Crippen LogP contribution in [0.25, 0.3) is 0 Å². The van der Waals surface area contributed by atoms with E-state index in [1.54, 1.807) is 24.5 Å². The van der Waals surface area contributed by atoms with Crippen LogP contribution in [0.15, 0.2) is 28.7 Å². The Morgan fingerprint density at radius 3 is 1.51 bits per heavy atom. The number of Topliss-reactive ketones (excluding diaryl/α,β-unsaturated/α-hetero) is 1. The minimum atomic E-state index is -1.54. The molecular formula is C47H70BrN7O17. The smallest absolute Gasteiger partial charge is 0.326 e. The maximum absolute atomic E-state index is 14.1. The van der Waals surface area contributed by atoms with Gasteiger partial charge in [0, 0.05) is 95.1 Å². The topological polar surface area (TPSA) is 353 Å². The molecule has 3 rings (SSSR count). The molecule has 1 aromatic rings. The minimum Gasteiger partial charge on any atom is -0.481 e. The Balaban J connectivity index is 1.57. The second kappa shape index (κ2) is 31.6. The molecule has 9 N–H and O–H groups in total. The first-order valence-electron chi connectivity index (χ1n) is 24.2. The van der Waals surface area contributed by atoms with Crippen molar-refractivity contribution in [1.82, 2.24) is 35.1 Å². The van der Waals surface area contributed by atoms with Crippen molar-refractivity contribution >= 4 is 75.4 Å². The summed E-state index contributed by atoms with van der Waals surface area (Å²) in [6.45, 7) is 0.689. The van der Waals surface area contributed by atoms with Gasteiger partial charge in [-0.05, 0) is 87.8 Å². The number of carbonyl (C=O) groups is 10. The zero-order chi connectivity index (χ0) is 53.3. The van der Waals surface area contributed by atoms with E-state index in [4.69, 9.17) is 5.11 Å². The van der Waals surface area contributed by atoms with Gasteiger partial charge >= 0.3 is 47.8 Å². The summed E-state index contributed by atoms with van der Waals surface area (Å²) in [5.74, 6) is -8.94. The molecular weight excluding hydrogens is 1010 g/mol. The van der Waals surface area contributed by atoms with Gasteiger partial charge in [-0.1, -0.05) is 28.1 Å². The predicted molar refractivity (Wildman–Crippen MR) is 259 cm³/mol. The van der Waals surface area contributed by atoms with E-state index in [-0.39, 0.29) is 134 Å². The summed E-state index contributed by atoms with van der Waals surface area (Å²) in [4.78, 5) is 130. The number of carboxylic acids is 7. The van der Waals surface area contributed by atoms with Gasteiger partial charge in [0.25, 0.3) is 0 Å². The minimum absolute atomic E-state index is 0.0277. The lowest BCUT2D eigenvalue weighted by atomic mass is 9.79. The molecule has 2 fully saturated rings. The molecule has 1 saturated heterocycles. The number of ketones is 1. The van der Waals surface area contributed by atoms with E-state index in [0.29, 0.717) is 45.1 Å². The molecule has 3 atom stereocenters. The molecule has 0 radical (unpaired) electrons. The molecule has 25 heteroatoms. The fourth-order valence-electron chi connectivity index (χ4n) is 8.99. The Bertz CT molecular complexity index is 1970. The molecule has 1 saturated carbocycles. The van der Waals surface area contributed by atoms with Crippen LogP contribution in [0.1, 0.15) is 89.0 Å². The number of nitrogens with one attached hydrogen (secondary N) is 2. The average Bonchev–Trinajstić information content (AvgIpc) is 3.30. The number of aliphatic carboxylic acids is 7. The number of benzene rings is 1. The SMILES string of the molecule is O=C(O)CC[C@H](NC(=O)N[C@@H](CCCCN(Cc1ccc(Br)cc1)C(=O)C1CCC(CCC(=O)CCC(C(=O)O)N2CCN(CC(=O)O)CCN(CC(=O)O)CCN(CC(=O)O)CC2)CC1)C(=O)O)C(=O)O. The largest absolute Gasteiger partial charge is 0.481 e. The molecule has 24 nitrogen and oxygen atoms in total. The lowest BCUT2D eigenvalue weighted by molar-refractivity contribution is -0.145. The molecule has 1 aliphatic heterocycles. The number of nitrogens with zero attached hydrogens (tertiary/aromatic N) is 5. The number of carbonyl (C=O) groups excluding carboxylic acids is 3. The molecule has 1 aromatic carbocycles. The van der Waals surface area contributed by atoms with Gasteiger partial charge in [-0.25, -0.2) is 14.4 Å². The highest BCUT2D eigenvalue weighted by Crippen LogP contribution is 2.33. The molecule has 1 unspecified atom stereocenters. The number of amides is 3. The van der Waals surface area contributed by atoms with Gasteiger partial charge in [0.1, 0.15) is 23.9 Å². The van der Waals surface area contributed by atoms with Crippen LogP contribution < -0.4 is 10.6 Å². The van der Waals surface area contributed by atoms with Crippen molar-refractivity contribution in [2.45, 2.75) is 108 Å². The number of urea groups is 1. The summed E-state index contributed by atoms with van der Waals surface area (Å²) < 4.78 is 0.853. The molecule has 0 bridgehead atoms. The monoisotopic (exact) mass is 1080 g/mol. The highest BCUT2D eigenvalue weighted by atomic mass is 79.9. The Kier molecular flexibility index (Phi) is 26.6. The van der Waals surface area contributed by atoms with Crippen molar-refractivity contribution in [3.63, 3.8) is 0 Å². The summed E-state index contributed by atoms with van der Waals surface area (Å²) in [5.41, 5.74) is 0.871. The Labute approximate surface area is 425 Å². The van der Waals surface area contributed by atoms with Gasteiger partial charge in [0.2, 0.25) is 5.91 Å². The van der Waals surface area contributed by atoms with Crippen LogP contribution in [-0.2, 0) is 49.7 Å². The van der Waals surface area contributed by atoms with Gasteiger partial charge in [0.15, 0.2) is 0 Å². The molecule has 72 heavy (non-hydrogen) atoms. The van der Waals surface area contributed by atoms with Crippen LogP contribution in [-0.4, -0.2) is 216 Å². The molecule has 2 aliphatic rings. The van der Waals surface area contributed by atoms with Crippen molar-refractivity contribution in [1.29, 1.82) is 0 Å². The first kappa shape index (κ1) is 60.5. The molecule has 1 aliphatic carbocycles. The lowest BCUT2D eigenvalue weighted by Crippen LogP contribution is -2.51. The van der Waals surface area contributed by atoms with Gasteiger partial charge in [-0.15, -0.1) is 0 Å². The number of hydrogen-bond acceptors (Lipinski definition) is 14. The van der Waals surface area contributed by atoms with Crippen LogP contribution >= 0.6 is 15.9 Å². The van der Waals surface area contributed by atoms with E-state index < -0.39 is 78.8 Å². The number of rotatable bonds is 29. The third kappa shape index (κ3) is 23.6. The summed E-state index contributed by atoms with van der Waals surface area (Å²) in [7, 11) is 0. The van der Waals surface area contributed by atoms with Crippen molar-refractivity contribution in [2.24, 2.45) is 11.8 Å². The number of halogens is 1. The van der Waals surface area contributed by atoms with Crippen LogP contribution in [0.3, 0.4) is 0 Å². The Morgan fingerprint density at radius 1 is 0.569 bits per heavy atom. The molecule has 3 amide bonds. The van der Waals surface area contributed by atoms with Gasteiger partial charge < -0.3 is 51.3 Å². The van der Waals surface area contributed by atoms with E-state index in [2.05, 4.69) is 26.6 Å². The zero-order valence-corrected chi connectivity index (χ0v) is 42.0. The van der Waals surface area contributed by atoms with Gasteiger partial charge in [-0.3, -0.25) is 53.2 Å². The fraction of sp³-hybridized carbons (Fsp3) is 0.660. The lowest BCUT2D eigenvalue weighted by Gasteiger charge is -2.35. The Hall–Kier alpha value is -5.76. The summed E-state index contributed by atoms with van der Waals surface area (Å²) in [6.07, 6.45) is 2.90. The summed E-state index contributed by atoms with van der Waals surface area (Å²) in [6, 6.07) is 2.34. The fourth-order valence-corrected chi connectivity index (χ4v) is 9.25. The normalized spacial score (nSPS) is 19.0. The molecule has 1 heterocycles. The summed E-state index contributed by atoms with van der Waals surface area (Å²) >= 11 is 3.42. The number of carboxylic acid groups (broad SMARTS) is 7. The predicted octanol–water partition coefficient (Wildman–Crippen LogP) is 1.88. The van der Waals surface area contributed by atoms with Crippen molar-refractivity contribution in [2.75, 3.05) is 78.5 Å². The molecule has 402 valence electrons. The van der Waals surface area contributed by atoms with E-state index in [9.17, 15) is 78.6 Å². The van der Waals surface area contributed by atoms with Crippen LogP contribution in [0.5, 0.6) is 0 Å². The molecule has 0 spiro atoms. The maximum Gasteiger partial charge on any atom is 0.326 e. The maximum atomic E-state index is 14.1. The van der Waals surface area contributed by atoms with E-state index >= 15 is 0 Å². The van der Waals surface area contributed by atoms with Crippen LogP contribution in [0.2, 0.25) is 0 Å². The van der Waals surface area contributed by atoms with Crippen molar-refractivity contribution in [3.8, 4) is 0 Å². The first-order valence-corrected chi connectivity index (χ1v) is 25.0. The second-order valence-corrected chi connectivity index (χ2v) is 19.4. The second-order valence-electron chi connectivity index (χ2n) is 18.4. The highest BCUT2D eigenvalue weighted by molar-refractivity contribution is 9.10. The van der Waals surface area contributed by atoms with Crippen LogP contribution in [0.4, 0.5) is 4.79 Å². The van der Waals surface area contributed by atoms with Gasteiger partial charge in [0.05, 0.1) is 19.6 Å². The quantitative estimate of drug-likeness (QED) is 0.0517. The van der Waals surface area contributed by atoms with E-state index in [1.165, 1.54) is 0 Å². The standard InChI is InChI=1S/C47H70BrN7O17/c48-34-11-6-32(7-12-34)27-55(18-2-1-3-36(44(66)67)49-47(72)50-37(45(68)69)15-17-39(57)58)43(65)33-9-4-31(5-10-33)8-13-35(56)14-16-38(46(70)71)54-25-23-52(29-41(61)62)21-19-51(28-40(59)60)20-22-53(24-26-54)30-42(63)64/h6-7,11-12,31,33,36-38H,1-5,8-10,13-30H2,(H,57,58)(H,59,60)(H,61,62)(H,63,64)(H,66,67)(H,68,69)(H,70,71)(H2,49,50,72)/t31?,33?,36-,37-,38?/m0/s1. The van der Waals surface area contributed by atoms with Crippen LogP contribution in [0, 0.1) is 11.8 Å². The van der Waals surface area contributed by atoms with Crippen molar-refractivity contribution < 1.29 is 83.7 Å². The number of hydrogen-bond donors (Lipinski definition) is 9. The average molecular weight is 1090 g/mol. The first-order chi connectivity index (χ1) is 34.1. The van der Waals surface area contributed by atoms with E-state index in [0.717, 1.165) is 10.0 Å². The number of unbranched alkanes of at least 4 members (excludes halogenated alkanes) is 1. The third-order valence-electron chi connectivity index (χ3n) is 13.0. The zero-order valence-electron chi connectivity index (χ0n) is 40.4. The highest BCUT2D eigenvalue weighted by Gasteiger charge is 2.32. The van der Waals surface area contributed by atoms with Crippen molar-refractivity contribution in [3.05, 3.63) is 34.3 Å². The van der Waals surface area contributed by atoms with E-state index in [1.807, 2.05) is 24.3 Å². The Morgan fingerprint density at radius 2 is 1.06 bits per heavy atom. The summed E-state index contributed by atoms with van der Waals surface area (Å²) in [5, 5.41) is 71.2. The third-order valence-corrected chi connectivity index (χ3v) is 13.5. The van der Waals surface area contributed by atoms with Gasteiger partial charge in [-0.2, -0.15) is 0 Å².